The third-order valence-corrected chi connectivity index (χ3v) is 3.72. The summed E-state index contributed by atoms with van der Waals surface area (Å²) < 4.78 is 6.91. The van der Waals surface area contributed by atoms with Gasteiger partial charge in [-0.3, -0.25) is 0 Å². The second kappa shape index (κ2) is 4.46. The van der Waals surface area contributed by atoms with E-state index in [1.807, 2.05) is 10.6 Å². The Morgan fingerprint density at radius 3 is 3.11 bits per heavy atom. The quantitative estimate of drug-likeness (QED) is 0.679. The molecule has 1 atom stereocenters. The minimum absolute atomic E-state index is 0.0548. The molecule has 0 amide bonds. The molecule has 1 N–H and O–H groups in total. The highest BCUT2D eigenvalue weighted by Crippen LogP contribution is 2.35. The number of phenols is 1. The maximum atomic E-state index is 12.0. The molecular weight excluding hydrogens is 266 g/mol. The number of alkyl halides is 1. The van der Waals surface area contributed by atoms with Crippen LogP contribution in [0.25, 0.3) is 10.9 Å². The van der Waals surface area contributed by atoms with Crippen LogP contribution < -0.4 is 0 Å². The molecule has 0 bridgehead atoms. The Bertz CT molecular complexity index is 662. The maximum absolute atomic E-state index is 12.0. The molecule has 0 saturated heterocycles. The largest absolute Gasteiger partial charge is 0.507 e. The van der Waals surface area contributed by atoms with Gasteiger partial charge in [0.25, 0.3) is 0 Å². The maximum Gasteiger partial charge on any atom is 0.354 e. The molecule has 19 heavy (non-hydrogen) atoms. The van der Waals surface area contributed by atoms with Gasteiger partial charge in [0, 0.05) is 11.9 Å². The van der Waals surface area contributed by atoms with Crippen LogP contribution in [0.4, 0.5) is 0 Å². The number of benzene rings is 1. The Kier molecular flexibility index (Phi) is 2.90. The zero-order valence-corrected chi connectivity index (χ0v) is 11.3. The van der Waals surface area contributed by atoms with Gasteiger partial charge >= 0.3 is 5.97 Å². The van der Waals surface area contributed by atoms with Crippen LogP contribution in [0, 0.1) is 0 Å². The lowest BCUT2D eigenvalue weighted by Crippen LogP contribution is -2.22. The van der Waals surface area contributed by atoms with Crippen molar-refractivity contribution in [3.05, 3.63) is 29.5 Å². The monoisotopic (exact) mass is 279 g/mol. The van der Waals surface area contributed by atoms with E-state index in [1.165, 1.54) is 0 Å². The van der Waals surface area contributed by atoms with E-state index in [9.17, 15) is 9.90 Å². The summed E-state index contributed by atoms with van der Waals surface area (Å²) in [5.74, 6) is -0.203. The number of aromatic nitrogens is 1. The third-order valence-electron chi connectivity index (χ3n) is 3.43. The average molecular weight is 280 g/mol. The van der Waals surface area contributed by atoms with Crippen LogP contribution in [0.3, 0.4) is 0 Å². The fraction of sp³-hybridized carbons (Fsp3) is 0.357. The topological polar surface area (TPSA) is 51.5 Å². The highest BCUT2D eigenvalue weighted by Gasteiger charge is 2.26. The van der Waals surface area contributed by atoms with E-state index in [0.717, 1.165) is 17.5 Å². The molecule has 0 aliphatic carbocycles. The van der Waals surface area contributed by atoms with Gasteiger partial charge in [-0.1, -0.05) is 6.07 Å². The van der Waals surface area contributed by atoms with Crippen molar-refractivity contribution in [3.8, 4) is 5.75 Å². The molecule has 0 radical (unpaired) electrons. The SMILES string of the molecule is CCOC(=O)c1cc2c(O)ccc3c2n1CC(Cl)C3. The van der Waals surface area contributed by atoms with Crippen LogP contribution in [-0.2, 0) is 17.7 Å². The average Bonchev–Trinajstić information content (AvgIpc) is 2.75. The predicted octanol–water partition coefficient (Wildman–Crippen LogP) is 2.69. The number of halogens is 1. The van der Waals surface area contributed by atoms with Gasteiger partial charge in [0.1, 0.15) is 11.4 Å². The van der Waals surface area contributed by atoms with Crippen molar-refractivity contribution in [1.29, 1.82) is 0 Å². The Hall–Kier alpha value is -1.68. The summed E-state index contributed by atoms with van der Waals surface area (Å²) in [6, 6.07) is 5.19. The van der Waals surface area contributed by atoms with Crippen LogP contribution in [0.1, 0.15) is 23.0 Å². The molecule has 2 heterocycles. The lowest BCUT2D eigenvalue weighted by molar-refractivity contribution is 0.0514. The van der Waals surface area contributed by atoms with Crippen LogP contribution in [0.15, 0.2) is 18.2 Å². The van der Waals surface area contributed by atoms with E-state index in [1.54, 1.807) is 19.1 Å². The molecule has 0 spiro atoms. The zero-order valence-electron chi connectivity index (χ0n) is 10.5. The number of rotatable bonds is 2. The van der Waals surface area contributed by atoms with Gasteiger partial charge in [-0.15, -0.1) is 11.6 Å². The number of hydrogen-bond acceptors (Lipinski definition) is 3. The summed E-state index contributed by atoms with van der Waals surface area (Å²) in [4.78, 5) is 12.0. The Morgan fingerprint density at radius 1 is 1.58 bits per heavy atom. The van der Waals surface area contributed by atoms with Gasteiger partial charge in [-0.05, 0) is 31.0 Å². The predicted molar refractivity (Wildman–Crippen MR) is 72.9 cm³/mol. The highest BCUT2D eigenvalue weighted by atomic mass is 35.5. The number of aromatic hydroxyl groups is 1. The molecule has 5 heteroatoms. The second-order valence-corrected chi connectivity index (χ2v) is 5.29. The first-order valence-corrected chi connectivity index (χ1v) is 6.70. The third kappa shape index (κ3) is 1.87. The second-order valence-electron chi connectivity index (χ2n) is 4.67. The molecule has 0 saturated carbocycles. The van der Waals surface area contributed by atoms with E-state index in [0.29, 0.717) is 24.2 Å². The van der Waals surface area contributed by atoms with Gasteiger partial charge in [0.2, 0.25) is 0 Å². The molecule has 2 aromatic rings. The van der Waals surface area contributed by atoms with Crippen molar-refractivity contribution in [1.82, 2.24) is 4.57 Å². The fourth-order valence-corrected chi connectivity index (χ4v) is 2.97. The summed E-state index contributed by atoms with van der Waals surface area (Å²) in [5, 5.41) is 10.6. The van der Waals surface area contributed by atoms with Crippen molar-refractivity contribution in [2.75, 3.05) is 6.61 Å². The summed E-state index contributed by atoms with van der Waals surface area (Å²) >= 11 is 6.24. The Balaban J connectivity index is 2.26. The van der Waals surface area contributed by atoms with Crippen molar-refractivity contribution >= 4 is 28.5 Å². The molecule has 1 aromatic heterocycles. The zero-order chi connectivity index (χ0) is 13.6. The van der Waals surface area contributed by atoms with Gasteiger partial charge in [0.05, 0.1) is 17.5 Å². The molecule has 4 nitrogen and oxygen atoms in total. The standard InChI is InChI=1S/C14H14ClNO3/c1-2-19-14(18)11-6-10-12(17)4-3-8-5-9(15)7-16(11)13(8)10/h3-4,6,9,17H,2,5,7H2,1H3. The van der Waals surface area contributed by atoms with E-state index in [2.05, 4.69) is 0 Å². The molecule has 1 aromatic carbocycles. The molecule has 1 aliphatic heterocycles. The molecule has 3 rings (SSSR count). The van der Waals surface area contributed by atoms with Crippen LogP contribution in [0.5, 0.6) is 5.75 Å². The fourth-order valence-electron chi connectivity index (χ4n) is 2.67. The van der Waals surface area contributed by atoms with Crippen molar-refractivity contribution < 1.29 is 14.6 Å². The highest BCUT2D eigenvalue weighted by molar-refractivity contribution is 6.21. The molecule has 100 valence electrons. The number of hydrogen-bond donors (Lipinski definition) is 1. The smallest absolute Gasteiger partial charge is 0.354 e. The van der Waals surface area contributed by atoms with E-state index in [-0.39, 0.29) is 17.1 Å². The number of ether oxygens (including phenoxy) is 1. The number of carbonyl (C=O) groups excluding carboxylic acids is 1. The van der Waals surface area contributed by atoms with Gasteiger partial charge < -0.3 is 14.4 Å². The number of esters is 1. The Labute approximate surface area is 115 Å². The van der Waals surface area contributed by atoms with Gasteiger partial charge in [0.15, 0.2) is 0 Å². The molecule has 1 unspecified atom stereocenters. The van der Waals surface area contributed by atoms with Crippen molar-refractivity contribution in [3.63, 3.8) is 0 Å². The lowest BCUT2D eigenvalue weighted by Gasteiger charge is -2.21. The number of carbonyl (C=O) groups is 1. The minimum atomic E-state index is -0.380. The van der Waals surface area contributed by atoms with Crippen LogP contribution in [0.2, 0.25) is 0 Å². The Morgan fingerprint density at radius 2 is 2.37 bits per heavy atom. The summed E-state index contributed by atoms with van der Waals surface area (Å²) in [6.45, 7) is 2.64. The molecule has 1 aliphatic rings. The lowest BCUT2D eigenvalue weighted by atomic mass is 10.0. The first-order chi connectivity index (χ1) is 9.11. The first kappa shape index (κ1) is 12.4. The summed E-state index contributed by atoms with van der Waals surface area (Å²) in [5.41, 5.74) is 2.39. The van der Waals surface area contributed by atoms with Gasteiger partial charge in [-0.2, -0.15) is 0 Å². The normalized spacial score (nSPS) is 17.7. The molecular formula is C14H14ClNO3. The number of phenolic OH excluding ortho intramolecular Hbond substituents is 1. The minimum Gasteiger partial charge on any atom is -0.507 e. The van der Waals surface area contributed by atoms with Crippen LogP contribution >= 0.6 is 11.6 Å². The summed E-state index contributed by atoms with van der Waals surface area (Å²) in [6.07, 6.45) is 0.741. The van der Waals surface area contributed by atoms with E-state index < -0.39 is 0 Å². The van der Waals surface area contributed by atoms with Gasteiger partial charge in [-0.25, -0.2) is 4.79 Å². The first-order valence-electron chi connectivity index (χ1n) is 6.27. The van der Waals surface area contributed by atoms with Crippen LogP contribution in [-0.4, -0.2) is 27.6 Å². The van der Waals surface area contributed by atoms with E-state index >= 15 is 0 Å². The summed E-state index contributed by atoms with van der Waals surface area (Å²) in [7, 11) is 0. The van der Waals surface area contributed by atoms with E-state index in [4.69, 9.17) is 16.3 Å². The number of nitrogens with zero attached hydrogens (tertiary/aromatic N) is 1. The molecule has 0 fully saturated rings. The van der Waals surface area contributed by atoms with Crippen molar-refractivity contribution in [2.45, 2.75) is 25.3 Å². The van der Waals surface area contributed by atoms with Crippen molar-refractivity contribution in [2.24, 2.45) is 0 Å².